The van der Waals surface area contributed by atoms with E-state index in [2.05, 4.69) is 24.3 Å². The molecule has 0 amide bonds. The van der Waals surface area contributed by atoms with Gasteiger partial charge < -0.3 is 19.7 Å². The minimum atomic E-state index is -0.781. The van der Waals surface area contributed by atoms with Crippen LogP contribution in [-0.4, -0.2) is 51.6 Å². The lowest BCUT2D eigenvalue weighted by Gasteiger charge is -2.13. The van der Waals surface area contributed by atoms with Crippen molar-refractivity contribution in [3.05, 3.63) is 127 Å². The topological polar surface area (TPSA) is 97.6 Å². The summed E-state index contributed by atoms with van der Waals surface area (Å²) in [5.41, 5.74) is 6.49. The summed E-state index contributed by atoms with van der Waals surface area (Å²) in [7, 11) is 1.51. The van der Waals surface area contributed by atoms with Crippen LogP contribution in [0.2, 0.25) is 0 Å². The third-order valence-electron chi connectivity index (χ3n) is 7.15. The van der Waals surface area contributed by atoms with Crippen molar-refractivity contribution in [2.75, 3.05) is 20.3 Å². The number of hydrogen-bond donors (Lipinski definition) is 2. The first kappa shape index (κ1) is 28.7. The van der Waals surface area contributed by atoms with Crippen LogP contribution in [0.4, 0.5) is 0 Å². The smallest absolute Gasteiger partial charge is 0.167 e. The van der Waals surface area contributed by atoms with Crippen molar-refractivity contribution in [1.82, 2.24) is 15.0 Å². The maximum atomic E-state index is 11.0. The van der Waals surface area contributed by atoms with Crippen molar-refractivity contribution in [1.29, 1.82) is 0 Å². The monoisotopic (exact) mass is 581 g/mol. The fourth-order valence-electron chi connectivity index (χ4n) is 4.86. The summed E-state index contributed by atoms with van der Waals surface area (Å²) < 4.78 is 10.6. The Kier molecular flexibility index (Phi) is 8.68. The van der Waals surface area contributed by atoms with Gasteiger partial charge in [0.05, 0.1) is 12.2 Å². The number of ether oxygens (including phenoxy) is 2. The molecule has 1 aromatic heterocycles. The molecule has 1 atom stereocenters. The summed E-state index contributed by atoms with van der Waals surface area (Å²) in [5, 5.41) is 20.9. The lowest BCUT2D eigenvalue weighted by Crippen LogP contribution is -2.22. The number of phenols is 1. The molecule has 1 unspecified atom stereocenters. The third-order valence-corrected chi connectivity index (χ3v) is 7.15. The predicted molar refractivity (Wildman–Crippen MR) is 172 cm³/mol. The zero-order chi connectivity index (χ0) is 30.3. The Morgan fingerprint density at radius 2 is 1.00 bits per heavy atom. The van der Waals surface area contributed by atoms with Gasteiger partial charge in [0.15, 0.2) is 17.5 Å². The molecule has 0 saturated carbocycles. The van der Waals surface area contributed by atoms with Gasteiger partial charge in [0.2, 0.25) is 0 Å². The highest BCUT2D eigenvalue weighted by molar-refractivity contribution is 5.73. The van der Waals surface area contributed by atoms with Crippen molar-refractivity contribution in [3.8, 4) is 67.9 Å². The maximum absolute atomic E-state index is 11.0. The molecule has 0 radical (unpaired) electrons. The van der Waals surface area contributed by atoms with Gasteiger partial charge in [-0.3, -0.25) is 0 Å². The van der Waals surface area contributed by atoms with Gasteiger partial charge in [-0.25, -0.2) is 15.0 Å². The van der Waals surface area contributed by atoms with E-state index in [0.717, 1.165) is 33.4 Å². The van der Waals surface area contributed by atoms with Crippen molar-refractivity contribution in [2.24, 2.45) is 0 Å². The lowest BCUT2D eigenvalue weighted by atomic mass is 10.0. The molecule has 6 aromatic rings. The largest absolute Gasteiger partial charge is 0.507 e. The van der Waals surface area contributed by atoms with E-state index in [1.807, 2.05) is 84.9 Å². The van der Waals surface area contributed by atoms with Crippen LogP contribution in [0.3, 0.4) is 0 Å². The number of nitrogens with zero attached hydrogens (tertiary/aromatic N) is 3. The van der Waals surface area contributed by atoms with E-state index in [9.17, 15) is 10.2 Å². The number of aliphatic hydroxyl groups is 1. The van der Waals surface area contributed by atoms with Gasteiger partial charge in [0.1, 0.15) is 24.2 Å². The summed E-state index contributed by atoms with van der Waals surface area (Å²) in [6.07, 6.45) is -0.781. The minimum absolute atomic E-state index is 0.0324. The van der Waals surface area contributed by atoms with E-state index >= 15 is 0 Å². The number of aliphatic hydroxyl groups excluding tert-OH is 1. The van der Waals surface area contributed by atoms with E-state index in [1.165, 1.54) is 13.2 Å². The summed E-state index contributed by atoms with van der Waals surface area (Å²) in [6.45, 7) is 0.184. The molecule has 218 valence electrons. The number of benzene rings is 5. The van der Waals surface area contributed by atoms with Gasteiger partial charge in [0, 0.05) is 24.3 Å². The van der Waals surface area contributed by atoms with Crippen LogP contribution in [0, 0.1) is 0 Å². The Bertz CT molecular complexity index is 1730. The van der Waals surface area contributed by atoms with E-state index in [0.29, 0.717) is 28.8 Å². The van der Waals surface area contributed by atoms with E-state index < -0.39 is 6.10 Å². The van der Waals surface area contributed by atoms with Gasteiger partial charge in [-0.2, -0.15) is 0 Å². The molecule has 7 nitrogen and oxygen atoms in total. The second-order valence-corrected chi connectivity index (χ2v) is 10.3. The molecule has 2 N–H and O–H groups in total. The lowest BCUT2D eigenvalue weighted by molar-refractivity contribution is 0.0325. The first-order chi connectivity index (χ1) is 21.6. The fraction of sp³-hybridized carbons (Fsp3) is 0.108. The van der Waals surface area contributed by atoms with E-state index in [4.69, 9.17) is 24.4 Å². The molecule has 0 aliphatic rings. The molecule has 44 heavy (non-hydrogen) atoms. The number of rotatable bonds is 10. The van der Waals surface area contributed by atoms with Crippen molar-refractivity contribution in [3.63, 3.8) is 0 Å². The van der Waals surface area contributed by atoms with Gasteiger partial charge in [0.25, 0.3) is 0 Å². The molecule has 1 heterocycles. The molecular formula is C37H31N3O4. The number of methoxy groups -OCH3 is 1. The number of aromatic nitrogens is 3. The number of hydrogen-bond acceptors (Lipinski definition) is 7. The van der Waals surface area contributed by atoms with Crippen LogP contribution in [0.25, 0.3) is 56.4 Å². The molecule has 0 saturated heterocycles. The molecule has 7 heteroatoms. The highest BCUT2D eigenvalue weighted by Crippen LogP contribution is 2.33. The molecular weight excluding hydrogens is 550 g/mol. The Morgan fingerprint density at radius 3 is 1.48 bits per heavy atom. The molecule has 0 fully saturated rings. The van der Waals surface area contributed by atoms with Crippen LogP contribution < -0.4 is 4.74 Å². The van der Waals surface area contributed by atoms with Gasteiger partial charge in [-0.1, -0.05) is 109 Å². The van der Waals surface area contributed by atoms with Crippen LogP contribution in [0.1, 0.15) is 0 Å². The van der Waals surface area contributed by atoms with Crippen LogP contribution in [0.5, 0.6) is 11.5 Å². The molecule has 0 spiro atoms. The normalized spacial score (nSPS) is 11.7. The SMILES string of the molecule is COCC(O)COc1ccc(-c2nc(-c3ccc(-c4ccccc4)cc3)nc(-c3ccc(-c4ccccc4)cc3)n2)c(O)c1. The van der Waals surface area contributed by atoms with Crippen molar-refractivity contribution >= 4 is 0 Å². The van der Waals surface area contributed by atoms with Gasteiger partial charge in [-0.15, -0.1) is 0 Å². The third kappa shape index (κ3) is 6.65. The first-order valence-corrected chi connectivity index (χ1v) is 14.3. The summed E-state index contributed by atoms with van der Waals surface area (Å²) in [4.78, 5) is 14.4. The molecule has 5 aromatic carbocycles. The highest BCUT2D eigenvalue weighted by Gasteiger charge is 2.16. The average molecular weight is 582 g/mol. The van der Waals surface area contributed by atoms with Gasteiger partial charge in [-0.05, 0) is 34.4 Å². The number of aromatic hydroxyl groups is 1. The molecule has 0 aliphatic carbocycles. The van der Waals surface area contributed by atoms with E-state index in [1.54, 1.807) is 12.1 Å². The van der Waals surface area contributed by atoms with Crippen molar-refractivity contribution in [2.45, 2.75) is 6.10 Å². The van der Waals surface area contributed by atoms with Crippen LogP contribution in [0.15, 0.2) is 127 Å². The summed E-state index contributed by atoms with van der Waals surface area (Å²) in [5.74, 6) is 1.65. The predicted octanol–water partition coefficient (Wildman–Crippen LogP) is 7.30. The molecule has 0 bridgehead atoms. The zero-order valence-electron chi connectivity index (χ0n) is 24.2. The molecule has 6 rings (SSSR count). The molecule has 0 aliphatic heterocycles. The second-order valence-electron chi connectivity index (χ2n) is 10.3. The van der Waals surface area contributed by atoms with E-state index in [-0.39, 0.29) is 19.0 Å². The Balaban J connectivity index is 1.37. The standard InChI is InChI=1S/C37H31N3O4/c1-43-23-31(41)24-44-32-20-21-33(34(42)22-32)37-39-35(29-16-12-27(13-17-29)25-8-4-2-5-9-25)38-36(40-37)30-18-14-28(15-19-30)26-10-6-3-7-11-26/h2-22,31,41-42H,23-24H2,1H3. The fourth-order valence-corrected chi connectivity index (χ4v) is 4.86. The van der Waals surface area contributed by atoms with Gasteiger partial charge >= 0.3 is 0 Å². The van der Waals surface area contributed by atoms with Crippen molar-refractivity contribution < 1.29 is 19.7 Å². The summed E-state index contributed by atoms with van der Waals surface area (Å²) in [6, 6.07) is 41.4. The second kappa shape index (κ2) is 13.3. The Labute approximate surface area is 256 Å². The number of phenolic OH excluding ortho intramolecular Hbond substituents is 1. The minimum Gasteiger partial charge on any atom is -0.507 e. The van der Waals surface area contributed by atoms with Crippen LogP contribution in [-0.2, 0) is 4.74 Å². The zero-order valence-corrected chi connectivity index (χ0v) is 24.2. The quantitative estimate of drug-likeness (QED) is 0.175. The van der Waals surface area contributed by atoms with Crippen LogP contribution >= 0.6 is 0 Å². The highest BCUT2D eigenvalue weighted by atomic mass is 16.5. The first-order valence-electron chi connectivity index (χ1n) is 14.3. The summed E-state index contributed by atoms with van der Waals surface area (Å²) >= 11 is 0. The Morgan fingerprint density at radius 1 is 0.545 bits per heavy atom. The Hall–Kier alpha value is -5.37. The average Bonchev–Trinajstić information content (AvgIpc) is 3.08. The maximum Gasteiger partial charge on any atom is 0.167 e.